The van der Waals surface area contributed by atoms with Crippen molar-refractivity contribution in [3.63, 3.8) is 0 Å². The van der Waals surface area contributed by atoms with E-state index in [0.29, 0.717) is 36.9 Å². The lowest BCUT2D eigenvalue weighted by molar-refractivity contribution is 0.114. The zero-order valence-electron chi connectivity index (χ0n) is 11.4. The van der Waals surface area contributed by atoms with Gasteiger partial charge in [0.1, 0.15) is 0 Å². The van der Waals surface area contributed by atoms with Gasteiger partial charge < -0.3 is 10.0 Å². The molecule has 2 heterocycles. The number of aromatic nitrogens is 1. The van der Waals surface area contributed by atoms with Crippen LogP contribution in [0.5, 0.6) is 0 Å². The maximum Gasteiger partial charge on any atom is 0.199 e. The van der Waals surface area contributed by atoms with Crippen molar-refractivity contribution < 1.29 is 13.5 Å². The van der Waals surface area contributed by atoms with Crippen molar-refractivity contribution in [1.82, 2.24) is 9.88 Å². The van der Waals surface area contributed by atoms with E-state index in [9.17, 15) is 13.5 Å². The van der Waals surface area contributed by atoms with Gasteiger partial charge in [-0.3, -0.25) is 0 Å². The zero-order valence-corrected chi connectivity index (χ0v) is 13.8. The summed E-state index contributed by atoms with van der Waals surface area (Å²) < 4.78 is 25.7. The molecule has 20 heavy (non-hydrogen) atoms. The predicted octanol–water partition coefficient (Wildman–Crippen LogP) is 1.46. The SMILES string of the molecule is CC(O)CN1CCC(S(=O)(=O)c2ncccc2Br)CC1. The van der Waals surface area contributed by atoms with Crippen LogP contribution >= 0.6 is 15.9 Å². The van der Waals surface area contributed by atoms with Crippen LogP contribution in [0.4, 0.5) is 0 Å². The Balaban J connectivity index is 2.08. The Bertz CT molecular complexity index is 554. The van der Waals surface area contributed by atoms with Gasteiger partial charge in [-0.05, 0) is 60.9 Å². The number of piperidine rings is 1. The van der Waals surface area contributed by atoms with E-state index >= 15 is 0 Å². The molecule has 1 aliphatic rings. The van der Waals surface area contributed by atoms with Gasteiger partial charge in [-0.2, -0.15) is 0 Å². The summed E-state index contributed by atoms with van der Waals surface area (Å²) in [4.78, 5) is 6.11. The lowest BCUT2D eigenvalue weighted by Crippen LogP contribution is -2.42. The summed E-state index contributed by atoms with van der Waals surface area (Å²) in [5, 5.41) is 9.11. The van der Waals surface area contributed by atoms with Gasteiger partial charge in [0.15, 0.2) is 14.9 Å². The monoisotopic (exact) mass is 362 g/mol. The zero-order chi connectivity index (χ0) is 14.8. The van der Waals surface area contributed by atoms with Crippen molar-refractivity contribution in [2.24, 2.45) is 0 Å². The lowest BCUT2D eigenvalue weighted by atomic mass is 10.1. The van der Waals surface area contributed by atoms with Crippen molar-refractivity contribution in [3.05, 3.63) is 22.8 Å². The normalized spacial score (nSPS) is 19.9. The van der Waals surface area contributed by atoms with E-state index in [2.05, 4.69) is 25.8 Å². The van der Waals surface area contributed by atoms with E-state index in [1.807, 2.05) is 0 Å². The number of nitrogens with zero attached hydrogens (tertiary/aromatic N) is 2. The Kier molecular flexibility index (Phi) is 5.17. The topological polar surface area (TPSA) is 70.5 Å². The fourth-order valence-corrected chi connectivity index (χ4v) is 5.14. The van der Waals surface area contributed by atoms with Gasteiger partial charge >= 0.3 is 0 Å². The second-order valence-electron chi connectivity index (χ2n) is 5.18. The molecule has 112 valence electrons. The van der Waals surface area contributed by atoms with E-state index in [1.165, 1.54) is 6.20 Å². The average molecular weight is 363 g/mol. The Morgan fingerprint density at radius 2 is 2.15 bits per heavy atom. The van der Waals surface area contributed by atoms with Crippen LogP contribution in [0.3, 0.4) is 0 Å². The molecule has 1 aromatic heterocycles. The fourth-order valence-electron chi connectivity index (χ4n) is 2.51. The van der Waals surface area contributed by atoms with Crippen LogP contribution < -0.4 is 0 Å². The fraction of sp³-hybridized carbons (Fsp3) is 0.615. The van der Waals surface area contributed by atoms with E-state index in [1.54, 1.807) is 19.1 Å². The van der Waals surface area contributed by atoms with Crippen molar-refractivity contribution in [2.75, 3.05) is 19.6 Å². The molecule has 0 amide bonds. The number of aliphatic hydroxyl groups is 1. The minimum atomic E-state index is -3.39. The highest BCUT2D eigenvalue weighted by Gasteiger charge is 2.33. The van der Waals surface area contributed by atoms with Crippen molar-refractivity contribution >= 4 is 25.8 Å². The number of likely N-dealkylation sites (tertiary alicyclic amines) is 1. The Hall–Kier alpha value is -0.500. The predicted molar refractivity (Wildman–Crippen MR) is 80.3 cm³/mol. The lowest BCUT2D eigenvalue weighted by Gasteiger charge is -2.32. The third-order valence-corrected chi connectivity index (χ3v) is 6.61. The van der Waals surface area contributed by atoms with Gasteiger partial charge in [0.05, 0.1) is 15.8 Å². The van der Waals surface area contributed by atoms with Crippen molar-refractivity contribution in [2.45, 2.75) is 36.1 Å². The number of hydrogen-bond acceptors (Lipinski definition) is 5. The maximum absolute atomic E-state index is 12.6. The van der Waals surface area contributed by atoms with Crippen LogP contribution in [-0.2, 0) is 9.84 Å². The summed E-state index contributed by atoms with van der Waals surface area (Å²) in [5.41, 5.74) is 0. The largest absolute Gasteiger partial charge is 0.392 e. The average Bonchev–Trinajstić information content (AvgIpc) is 2.39. The number of aliphatic hydroxyl groups excluding tert-OH is 1. The second kappa shape index (κ2) is 6.51. The molecule has 1 saturated heterocycles. The smallest absolute Gasteiger partial charge is 0.199 e. The number of hydrogen-bond donors (Lipinski definition) is 1. The molecular formula is C13H19BrN2O3S. The molecule has 1 unspecified atom stereocenters. The van der Waals surface area contributed by atoms with Crippen LogP contribution in [0, 0.1) is 0 Å². The van der Waals surface area contributed by atoms with Gasteiger partial charge in [-0.15, -0.1) is 0 Å². The number of pyridine rings is 1. The number of β-amino-alcohol motifs (C(OH)–C–C–N with tert-alkyl or cyclic N) is 1. The summed E-state index contributed by atoms with van der Waals surface area (Å²) in [6, 6.07) is 3.40. The molecule has 7 heteroatoms. The second-order valence-corrected chi connectivity index (χ2v) is 8.18. The van der Waals surface area contributed by atoms with E-state index in [0.717, 1.165) is 0 Å². The molecule has 0 radical (unpaired) electrons. The highest BCUT2D eigenvalue weighted by molar-refractivity contribution is 9.10. The summed E-state index contributed by atoms with van der Waals surface area (Å²) in [6.07, 6.45) is 2.28. The molecule has 0 spiro atoms. The Morgan fingerprint density at radius 1 is 1.50 bits per heavy atom. The third-order valence-electron chi connectivity index (χ3n) is 3.49. The summed E-state index contributed by atoms with van der Waals surface area (Å²) in [7, 11) is -3.39. The van der Waals surface area contributed by atoms with E-state index in [4.69, 9.17) is 0 Å². The quantitative estimate of drug-likeness (QED) is 0.877. The molecule has 1 aromatic rings. The third kappa shape index (κ3) is 3.58. The van der Waals surface area contributed by atoms with Gasteiger partial charge in [0.2, 0.25) is 0 Å². The van der Waals surface area contributed by atoms with Gasteiger partial charge in [-0.1, -0.05) is 0 Å². The van der Waals surface area contributed by atoms with E-state index in [-0.39, 0.29) is 16.4 Å². The highest BCUT2D eigenvalue weighted by Crippen LogP contribution is 2.27. The Labute approximate surface area is 128 Å². The molecule has 2 rings (SSSR count). The molecule has 1 N–H and O–H groups in total. The summed E-state index contributed by atoms with van der Waals surface area (Å²) in [5.74, 6) is 0. The molecule has 0 bridgehead atoms. The first-order chi connectivity index (χ1) is 9.41. The first-order valence-electron chi connectivity index (χ1n) is 6.66. The molecule has 1 atom stereocenters. The minimum Gasteiger partial charge on any atom is -0.392 e. The highest BCUT2D eigenvalue weighted by atomic mass is 79.9. The van der Waals surface area contributed by atoms with Crippen LogP contribution in [0.15, 0.2) is 27.8 Å². The van der Waals surface area contributed by atoms with Crippen molar-refractivity contribution in [1.29, 1.82) is 0 Å². The Morgan fingerprint density at radius 3 is 2.70 bits per heavy atom. The van der Waals surface area contributed by atoms with Crippen LogP contribution in [0.25, 0.3) is 0 Å². The number of sulfone groups is 1. The molecule has 5 nitrogen and oxygen atoms in total. The first-order valence-corrected chi connectivity index (χ1v) is 9.00. The van der Waals surface area contributed by atoms with Crippen LogP contribution in [-0.4, -0.2) is 54.4 Å². The molecule has 0 aliphatic carbocycles. The molecular weight excluding hydrogens is 344 g/mol. The summed E-state index contributed by atoms with van der Waals surface area (Å²) >= 11 is 3.26. The van der Waals surface area contributed by atoms with Gasteiger partial charge in [0, 0.05) is 12.7 Å². The molecule has 1 aliphatic heterocycles. The van der Waals surface area contributed by atoms with E-state index < -0.39 is 9.84 Å². The molecule has 0 saturated carbocycles. The number of rotatable bonds is 4. The standard InChI is InChI=1S/C13H19BrN2O3S/c1-10(17)9-16-7-4-11(5-8-16)20(18,19)13-12(14)3-2-6-15-13/h2-3,6,10-11,17H,4-5,7-9H2,1H3. The number of halogens is 1. The van der Waals surface area contributed by atoms with Crippen molar-refractivity contribution in [3.8, 4) is 0 Å². The minimum absolute atomic E-state index is 0.133. The van der Waals surface area contributed by atoms with Crippen LogP contribution in [0.1, 0.15) is 19.8 Å². The molecule has 0 aromatic carbocycles. The van der Waals surface area contributed by atoms with Crippen LogP contribution in [0.2, 0.25) is 0 Å². The first kappa shape index (κ1) is 15.9. The van der Waals surface area contributed by atoms with Gasteiger partial charge in [-0.25, -0.2) is 13.4 Å². The molecule has 1 fully saturated rings. The summed E-state index contributed by atoms with van der Waals surface area (Å²) in [6.45, 7) is 3.73. The maximum atomic E-state index is 12.6. The van der Waals surface area contributed by atoms with Gasteiger partial charge in [0.25, 0.3) is 0 Å².